The van der Waals surface area contributed by atoms with Gasteiger partial charge in [-0.05, 0) is 19.1 Å². The van der Waals surface area contributed by atoms with Gasteiger partial charge in [-0.1, -0.05) is 20.9 Å². The summed E-state index contributed by atoms with van der Waals surface area (Å²) in [4.78, 5) is 0. The average molecular weight is 204 g/mol. The first kappa shape index (κ1) is 10.4. The van der Waals surface area contributed by atoms with Crippen molar-refractivity contribution in [2.24, 2.45) is 0 Å². The van der Waals surface area contributed by atoms with Crippen LogP contribution in [0.5, 0.6) is 5.75 Å². The predicted molar refractivity (Wildman–Crippen MR) is 51.3 cm³/mol. The summed E-state index contributed by atoms with van der Waals surface area (Å²) in [5.74, 6) is 0.214. The molecule has 0 saturated heterocycles. The third-order valence-corrected chi connectivity index (χ3v) is 2.03. The highest BCUT2D eigenvalue weighted by molar-refractivity contribution is 7.17. The lowest BCUT2D eigenvalue weighted by Gasteiger charge is -2.15. The SMILES string of the molecule is COc1ccc(C)cc1C(F)(F)P. The molecule has 4 heteroatoms. The average Bonchev–Trinajstić information content (AvgIpc) is 2.03. The molecule has 0 spiro atoms. The van der Waals surface area contributed by atoms with Gasteiger partial charge in [0.15, 0.2) is 0 Å². The van der Waals surface area contributed by atoms with Crippen LogP contribution in [0, 0.1) is 6.92 Å². The maximum atomic E-state index is 13.0. The van der Waals surface area contributed by atoms with E-state index in [0.29, 0.717) is 0 Å². The second-order valence-corrected chi connectivity index (χ2v) is 3.55. The lowest BCUT2D eigenvalue weighted by molar-refractivity contribution is 0.100. The minimum atomic E-state index is -2.93. The molecule has 1 rings (SSSR count). The zero-order chi connectivity index (χ0) is 10.1. The topological polar surface area (TPSA) is 9.23 Å². The minimum absolute atomic E-state index is 0.0972. The molecule has 1 unspecified atom stereocenters. The number of aryl methyl sites for hydroxylation is 1. The van der Waals surface area contributed by atoms with Crippen LogP contribution in [0.15, 0.2) is 18.2 Å². The zero-order valence-corrected chi connectivity index (χ0v) is 8.63. The molecule has 0 aliphatic heterocycles. The molecule has 0 fully saturated rings. The van der Waals surface area contributed by atoms with Crippen molar-refractivity contribution < 1.29 is 13.5 Å². The van der Waals surface area contributed by atoms with E-state index < -0.39 is 5.66 Å². The van der Waals surface area contributed by atoms with Crippen LogP contribution in [0.3, 0.4) is 0 Å². The Labute approximate surface area is 78.3 Å². The Hall–Kier alpha value is -0.690. The van der Waals surface area contributed by atoms with E-state index in [2.05, 4.69) is 0 Å². The van der Waals surface area contributed by atoms with Crippen molar-refractivity contribution in [1.29, 1.82) is 0 Å². The quantitative estimate of drug-likeness (QED) is 0.673. The number of methoxy groups -OCH3 is 1. The summed E-state index contributed by atoms with van der Waals surface area (Å²) in [6.07, 6.45) is 0. The van der Waals surface area contributed by atoms with Gasteiger partial charge in [0.1, 0.15) is 5.75 Å². The zero-order valence-electron chi connectivity index (χ0n) is 7.47. The second-order valence-electron chi connectivity index (χ2n) is 2.83. The Balaban J connectivity index is 3.24. The first-order valence-corrected chi connectivity index (χ1v) is 4.34. The van der Waals surface area contributed by atoms with E-state index in [4.69, 9.17) is 4.74 Å². The molecule has 1 nitrogen and oxygen atoms in total. The summed E-state index contributed by atoms with van der Waals surface area (Å²) in [7, 11) is 2.88. The molecule has 0 radical (unpaired) electrons. The Morgan fingerprint density at radius 2 is 2.00 bits per heavy atom. The smallest absolute Gasteiger partial charge is 0.287 e. The van der Waals surface area contributed by atoms with Gasteiger partial charge in [0, 0.05) is 0 Å². The molecule has 0 aromatic heterocycles. The first-order chi connectivity index (χ1) is 5.95. The molecule has 0 saturated carbocycles. The molecule has 0 amide bonds. The van der Waals surface area contributed by atoms with Crippen LogP contribution in [-0.2, 0) is 5.66 Å². The summed E-state index contributed by atoms with van der Waals surface area (Å²) in [6.45, 7) is 1.76. The summed E-state index contributed by atoms with van der Waals surface area (Å²) in [5.41, 5.74) is -2.24. The van der Waals surface area contributed by atoms with E-state index in [9.17, 15) is 8.78 Å². The van der Waals surface area contributed by atoms with Crippen molar-refractivity contribution in [3.05, 3.63) is 29.3 Å². The first-order valence-electron chi connectivity index (χ1n) is 3.77. The van der Waals surface area contributed by atoms with Crippen LogP contribution in [0.4, 0.5) is 8.78 Å². The van der Waals surface area contributed by atoms with Crippen molar-refractivity contribution in [2.75, 3.05) is 7.11 Å². The highest BCUT2D eigenvalue weighted by Gasteiger charge is 2.28. The Morgan fingerprint density at radius 3 is 2.46 bits per heavy atom. The maximum absolute atomic E-state index is 13.0. The number of hydrogen-bond donors (Lipinski definition) is 0. The van der Waals surface area contributed by atoms with E-state index in [1.807, 2.05) is 0 Å². The third-order valence-electron chi connectivity index (χ3n) is 1.71. The fraction of sp³-hybridized carbons (Fsp3) is 0.333. The van der Waals surface area contributed by atoms with E-state index in [1.54, 1.807) is 19.1 Å². The molecule has 0 heterocycles. The standard InChI is InChI=1S/C9H11F2OP/c1-6-3-4-8(12-2)7(5-6)9(10,11)13/h3-5H,13H2,1-2H3. The van der Waals surface area contributed by atoms with Gasteiger partial charge >= 0.3 is 0 Å². The van der Waals surface area contributed by atoms with Gasteiger partial charge in [0.05, 0.1) is 12.7 Å². The number of ether oxygens (including phenoxy) is 1. The van der Waals surface area contributed by atoms with Gasteiger partial charge in [-0.2, -0.15) is 8.78 Å². The summed E-state index contributed by atoms with van der Waals surface area (Å²) < 4.78 is 30.8. The van der Waals surface area contributed by atoms with E-state index in [0.717, 1.165) is 5.56 Å². The van der Waals surface area contributed by atoms with Gasteiger partial charge in [-0.15, -0.1) is 0 Å². The van der Waals surface area contributed by atoms with E-state index >= 15 is 0 Å². The Kier molecular flexibility index (Phi) is 2.87. The lowest BCUT2D eigenvalue weighted by Crippen LogP contribution is -2.05. The molecule has 1 aromatic carbocycles. The molecule has 1 aromatic rings. The van der Waals surface area contributed by atoms with Gasteiger partial charge in [0.2, 0.25) is 0 Å². The summed E-state index contributed by atoms with van der Waals surface area (Å²) >= 11 is 0. The summed E-state index contributed by atoms with van der Waals surface area (Å²) in [6, 6.07) is 4.70. The van der Waals surface area contributed by atoms with Crippen molar-refractivity contribution in [3.63, 3.8) is 0 Å². The molecule has 0 N–H and O–H groups in total. The van der Waals surface area contributed by atoms with Crippen molar-refractivity contribution in [3.8, 4) is 5.75 Å². The highest BCUT2D eigenvalue weighted by atomic mass is 31.0. The minimum Gasteiger partial charge on any atom is -0.496 e. The van der Waals surface area contributed by atoms with Gasteiger partial charge in [-0.25, -0.2) is 0 Å². The third kappa shape index (κ3) is 2.38. The Morgan fingerprint density at radius 1 is 1.38 bits per heavy atom. The monoisotopic (exact) mass is 204 g/mol. The van der Waals surface area contributed by atoms with Crippen LogP contribution in [0.1, 0.15) is 11.1 Å². The van der Waals surface area contributed by atoms with E-state index in [-0.39, 0.29) is 11.3 Å². The fourth-order valence-electron chi connectivity index (χ4n) is 1.08. The van der Waals surface area contributed by atoms with Gasteiger partial charge in [-0.3, -0.25) is 0 Å². The van der Waals surface area contributed by atoms with Crippen molar-refractivity contribution in [1.82, 2.24) is 0 Å². The molecule has 0 aliphatic rings. The molecule has 72 valence electrons. The fourth-order valence-corrected chi connectivity index (χ4v) is 1.31. The van der Waals surface area contributed by atoms with Crippen molar-refractivity contribution >= 4 is 9.24 Å². The van der Waals surface area contributed by atoms with Crippen LogP contribution in [-0.4, -0.2) is 7.11 Å². The second kappa shape index (κ2) is 3.59. The number of halogens is 2. The number of rotatable bonds is 2. The van der Waals surface area contributed by atoms with Crippen LogP contribution in [0.25, 0.3) is 0 Å². The largest absolute Gasteiger partial charge is 0.496 e. The number of hydrogen-bond acceptors (Lipinski definition) is 1. The van der Waals surface area contributed by atoms with E-state index in [1.165, 1.54) is 22.4 Å². The predicted octanol–water partition coefficient (Wildman–Crippen LogP) is 2.93. The number of alkyl halides is 2. The normalized spacial score (nSPS) is 11.5. The van der Waals surface area contributed by atoms with Gasteiger partial charge in [0.25, 0.3) is 5.66 Å². The van der Waals surface area contributed by atoms with Crippen LogP contribution >= 0.6 is 9.24 Å². The molecule has 0 aliphatic carbocycles. The van der Waals surface area contributed by atoms with Crippen LogP contribution in [0.2, 0.25) is 0 Å². The lowest BCUT2D eigenvalue weighted by atomic mass is 10.1. The molecule has 1 atom stereocenters. The molecule has 0 bridgehead atoms. The molecular formula is C9H11F2OP. The Bertz CT molecular complexity index is 307. The molecule has 13 heavy (non-hydrogen) atoms. The van der Waals surface area contributed by atoms with Gasteiger partial charge < -0.3 is 4.74 Å². The van der Waals surface area contributed by atoms with Crippen LogP contribution < -0.4 is 4.74 Å². The van der Waals surface area contributed by atoms with Crippen molar-refractivity contribution in [2.45, 2.75) is 12.6 Å². The number of benzene rings is 1. The maximum Gasteiger partial charge on any atom is 0.287 e. The highest BCUT2D eigenvalue weighted by Crippen LogP contribution is 2.40. The summed E-state index contributed by atoms with van der Waals surface area (Å²) in [5, 5.41) is 0. The molecular weight excluding hydrogens is 193 g/mol.